The molecule has 1 saturated heterocycles. The van der Waals surface area contributed by atoms with Gasteiger partial charge in [-0.25, -0.2) is 9.66 Å². The number of amides is 1. The van der Waals surface area contributed by atoms with Gasteiger partial charge in [0, 0.05) is 24.4 Å². The average molecular weight is 366 g/mol. The van der Waals surface area contributed by atoms with Gasteiger partial charge < -0.3 is 10.7 Å². The second kappa shape index (κ2) is 6.84. The summed E-state index contributed by atoms with van der Waals surface area (Å²) < 4.78 is 1.10. The lowest BCUT2D eigenvalue weighted by atomic mass is 10.2. The van der Waals surface area contributed by atoms with E-state index in [9.17, 15) is 9.59 Å². The zero-order chi connectivity index (χ0) is 18.1. The SMILES string of the molecule is Nn1c(SCc2ccc(N3CCCC3=O)cc2)nc2ccccc2c1=O. The van der Waals surface area contributed by atoms with Crippen LogP contribution >= 0.6 is 11.8 Å². The summed E-state index contributed by atoms with van der Waals surface area (Å²) in [6.45, 7) is 0.785. The first-order chi connectivity index (χ1) is 12.6. The number of fused-ring (bicyclic) bond motifs is 1. The Morgan fingerprint density at radius 2 is 1.85 bits per heavy atom. The Hall–Kier alpha value is -2.80. The molecule has 1 amide bonds. The molecule has 1 fully saturated rings. The van der Waals surface area contributed by atoms with Crippen LogP contribution in [0.25, 0.3) is 10.9 Å². The normalized spacial score (nSPS) is 14.3. The van der Waals surface area contributed by atoms with Gasteiger partial charge in [-0.05, 0) is 36.2 Å². The maximum atomic E-state index is 12.3. The Balaban J connectivity index is 1.52. The van der Waals surface area contributed by atoms with Crippen molar-refractivity contribution in [2.45, 2.75) is 23.8 Å². The van der Waals surface area contributed by atoms with E-state index in [1.807, 2.05) is 41.3 Å². The van der Waals surface area contributed by atoms with E-state index < -0.39 is 0 Å². The third-order valence-corrected chi connectivity index (χ3v) is 5.49. The van der Waals surface area contributed by atoms with Gasteiger partial charge in [-0.15, -0.1) is 0 Å². The topological polar surface area (TPSA) is 81.2 Å². The lowest BCUT2D eigenvalue weighted by molar-refractivity contribution is -0.117. The fraction of sp³-hybridized carbons (Fsp3) is 0.211. The summed E-state index contributed by atoms with van der Waals surface area (Å²) in [5, 5.41) is 0.992. The molecule has 2 heterocycles. The van der Waals surface area contributed by atoms with Gasteiger partial charge >= 0.3 is 0 Å². The highest BCUT2D eigenvalue weighted by Crippen LogP contribution is 2.25. The smallest absolute Gasteiger partial charge is 0.280 e. The van der Waals surface area contributed by atoms with E-state index in [4.69, 9.17) is 5.84 Å². The van der Waals surface area contributed by atoms with Crippen molar-refractivity contribution in [2.75, 3.05) is 17.3 Å². The summed E-state index contributed by atoms with van der Waals surface area (Å²) >= 11 is 1.41. The standard InChI is InChI=1S/C19H18N4O2S/c20-23-18(25)15-4-1-2-5-16(15)21-19(23)26-12-13-7-9-14(10-8-13)22-11-3-6-17(22)24/h1-2,4-5,7-10H,3,6,11-12,20H2. The highest BCUT2D eigenvalue weighted by molar-refractivity contribution is 7.98. The van der Waals surface area contributed by atoms with Gasteiger partial charge in [0.1, 0.15) is 0 Å². The molecule has 3 aromatic rings. The van der Waals surface area contributed by atoms with Crippen LogP contribution in [0.2, 0.25) is 0 Å². The van der Waals surface area contributed by atoms with Crippen molar-refractivity contribution < 1.29 is 4.79 Å². The zero-order valence-electron chi connectivity index (χ0n) is 14.1. The van der Waals surface area contributed by atoms with Crippen molar-refractivity contribution in [3.8, 4) is 0 Å². The van der Waals surface area contributed by atoms with Crippen molar-refractivity contribution in [1.82, 2.24) is 9.66 Å². The molecule has 0 unspecified atom stereocenters. The Labute approximate surface area is 154 Å². The minimum absolute atomic E-state index is 0.180. The summed E-state index contributed by atoms with van der Waals surface area (Å²) in [7, 11) is 0. The van der Waals surface area contributed by atoms with Crippen molar-refractivity contribution in [1.29, 1.82) is 0 Å². The number of nitrogen functional groups attached to an aromatic ring is 1. The van der Waals surface area contributed by atoms with Crippen LogP contribution in [0.5, 0.6) is 0 Å². The van der Waals surface area contributed by atoms with Crippen LogP contribution < -0.4 is 16.3 Å². The predicted molar refractivity (Wildman–Crippen MR) is 104 cm³/mol. The molecule has 1 aliphatic rings. The molecule has 26 heavy (non-hydrogen) atoms. The molecule has 0 atom stereocenters. The van der Waals surface area contributed by atoms with E-state index in [1.54, 1.807) is 12.1 Å². The number of carbonyl (C=O) groups is 1. The van der Waals surface area contributed by atoms with Crippen LogP contribution in [0.15, 0.2) is 58.5 Å². The highest BCUT2D eigenvalue weighted by atomic mass is 32.2. The van der Waals surface area contributed by atoms with Crippen molar-refractivity contribution >= 4 is 34.3 Å². The second-order valence-corrected chi connectivity index (χ2v) is 7.13. The largest absolute Gasteiger partial charge is 0.334 e. The lowest BCUT2D eigenvalue weighted by Gasteiger charge is -2.16. The molecule has 2 aromatic carbocycles. The first-order valence-corrected chi connectivity index (χ1v) is 9.41. The van der Waals surface area contributed by atoms with Crippen LogP contribution in [0.3, 0.4) is 0 Å². The van der Waals surface area contributed by atoms with Gasteiger partial charge in [0.05, 0.1) is 10.9 Å². The van der Waals surface area contributed by atoms with Crippen molar-refractivity contribution in [3.05, 3.63) is 64.4 Å². The monoisotopic (exact) mass is 366 g/mol. The quantitative estimate of drug-likeness (QED) is 0.436. The fourth-order valence-electron chi connectivity index (χ4n) is 3.07. The first kappa shape index (κ1) is 16.7. The van der Waals surface area contributed by atoms with Crippen LogP contribution in [0.4, 0.5) is 5.69 Å². The number of rotatable bonds is 4. The van der Waals surface area contributed by atoms with Crippen LogP contribution in [0.1, 0.15) is 18.4 Å². The molecule has 0 spiro atoms. The minimum atomic E-state index is -0.249. The van der Waals surface area contributed by atoms with Gasteiger partial charge in [0.25, 0.3) is 5.56 Å². The second-order valence-electron chi connectivity index (χ2n) is 6.19. The molecule has 132 valence electrons. The van der Waals surface area contributed by atoms with E-state index in [0.717, 1.165) is 28.9 Å². The number of para-hydroxylation sites is 1. The number of carbonyl (C=O) groups excluding carboxylic acids is 1. The maximum Gasteiger partial charge on any atom is 0.280 e. The van der Waals surface area contributed by atoms with Gasteiger partial charge in [0.2, 0.25) is 5.91 Å². The molecule has 1 aromatic heterocycles. The van der Waals surface area contributed by atoms with Crippen LogP contribution in [-0.2, 0) is 10.5 Å². The summed E-state index contributed by atoms with van der Waals surface area (Å²) in [6.07, 6.45) is 1.54. The van der Waals surface area contributed by atoms with Gasteiger partial charge in [-0.3, -0.25) is 9.59 Å². The molecule has 0 bridgehead atoms. The van der Waals surface area contributed by atoms with Crippen molar-refractivity contribution in [2.24, 2.45) is 0 Å². The van der Waals surface area contributed by atoms with Gasteiger partial charge in [0.15, 0.2) is 5.16 Å². The molecule has 4 rings (SSSR count). The Morgan fingerprint density at radius 1 is 1.08 bits per heavy atom. The Morgan fingerprint density at radius 3 is 2.58 bits per heavy atom. The molecule has 0 aliphatic carbocycles. The third-order valence-electron chi connectivity index (χ3n) is 4.46. The van der Waals surface area contributed by atoms with E-state index in [-0.39, 0.29) is 11.5 Å². The van der Waals surface area contributed by atoms with E-state index in [2.05, 4.69) is 4.98 Å². The number of nitrogens with zero attached hydrogens (tertiary/aromatic N) is 3. The summed E-state index contributed by atoms with van der Waals surface area (Å²) in [4.78, 5) is 30.5. The molecule has 0 radical (unpaired) electrons. The minimum Gasteiger partial charge on any atom is -0.334 e. The molecule has 2 N–H and O–H groups in total. The average Bonchev–Trinajstić information content (AvgIpc) is 3.10. The van der Waals surface area contributed by atoms with Crippen LogP contribution in [-0.4, -0.2) is 22.1 Å². The summed E-state index contributed by atoms with van der Waals surface area (Å²) in [5.74, 6) is 6.73. The van der Waals surface area contributed by atoms with Crippen LogP contribution in [0, 0.1) is 0 Å². The number of benzene rings is 2. The van der Waals surface area contributed by atoms with Crippen molar-refractivity contribution in [3.63, 3.8) is 0 Å². The lowest BCUT2D eigenvalue weighted by Crippen LogP contribution is -2.29. The number of anilines is 1. The van der Waals surface area contributed by atoms with E-state index in [0.29, 0.717) is 28.2 Å². The Bertz CT molecular complexity index is 1030. The zero-order valence-corrected chi connectivity index (χ0v) is 14.9. The number of thioether (sulfide) groups is 1. The predicted octanol–water partition coefficient (Wildman–Crippen LogP) is 2.53. The molecule has 0 saturated carbocycles. The highest BCUT2D eigenvalue weighted by Gasteiger charge is 2.21. The third kappa shape index (κ3) is 3.06. The molecule has 6 nitrogen and oxygen atoms in total. The van der Waals surface area contributed by atoms with E-state index in [1.165, 1.54) is 11.8 Å². The molecule has 1 aliphatic heterocycles. The number of hydrogen-bond donors (Lipinski definition) is 1. The molecular formula is C19H18N4O2S. The first-order valence-electron chi connectivity index (χ1n) is 8.42. The summed E-state index contributed by atoms with van der Waals surface area (Å²) in [6, 6.07) is 15.1. The molecule has 7 heteroatoms. The summed E-state index contributed by atoms with van der Waals surface area (Å²) in [5.41, 5.74) is 2.40. The van der Waals surface area contributed by atoms with E-state index >= 15 is 0 Å². The molecular weight excluding hydrogens is 348 g/mol. The van der Waals surface area contributed by atoms with Gasteiger partial charge in [-0.2, -0.15) is 0 Å². The fourth-order valence-corrected chi connectivity index (χ4v) is 3.94. The maximum absolute atomic E-state index is 12.3. The Kier molecular flexibility index (Phi) is 4.38. The number of nitrogens with two attached hydrogens (primary N) is 1. The van der Waals surface area contributed by atoms with Gasteiger partial charge in [-0.1, -0.05) is 36.0 Å². The number of hydrogen-bond acceptors (Lipinski definition) is 5. The number of aromatic nitrogens is 2.